The van der Waals surface area contributed by atoms with Crippen LogP contribution in [0.2, 0.25) is 5.02 Å². The highest BCUT2D eigenvalue weighted by Gasteiger charge is 2.38. The van der Waals surface area contributed by atoms with Gasteiger partial charge in [-0.05, 0) is 36.2 Å². The summed E-state index contributed by atoms with van der Waals surface area (Å²) in [5.41, 5.74) is 2.12. The molecular weight excluding hydrogens is 590 g/mol. The van der Waals surface area contributed by atoms with Gasteiger partial charge in [-0.3, -0.25) is 9.69 Å². The number of alkyl halides is 6. The maximum Gasteiger partial charge on any atom is 0.490 e. The average molecular weight is 613 g/mol. The van der Waals surface area contributed by atoms with Crippen molar-refractivity contribution in [3.63, 3.8) is 0 Å². The summed E-state index contributed by atoms with van der Waals surface area (Å²) in [6, 6.07) is 13.1. The van der Waals surface area contributed by atoms with Crippen LogP contribution in [-0.4, -0.2) is 79.0 Å². The zero-order chi connectivity index (χ0) is 31.0. The van der Waals surface area contributed by atoms with E-state index in [-0.39, 0.29) is 12.0 Å². The van der Waals surface area contributed by atoms with Gasteiger partial charge in [-0.25, -0.2) is 14.6 Å². The zero-order valence-corrected chi connectivity index (χ0v) is 21.5. The van der Waals surface area contributed by atoms with Crippen LogP contribution in [0.4, 0.5) is 26.3 Å². The van der Waals surface area contributed by atoms with Gasteiger partial charge >= 0.3 is 24.3 Å². The van der Waals surface area contributed by atoms with Gasteiger partial charge in [0.05, 0.1) is 18.2 Å². The van der Waals surface area contributed by atoms with Crippen LogP contribution < -0.4 is 5.32 Å². The van der Waals surface area contributed by atoms with Gasteiger partial charge in [-0.2, -0.15) is 26.3 Å². The number of nitrogens with zero attached hydrogens (tertiary/aromatic N) is 3. The number of benzene rings is 1. The molecular formula is C24H23ClF6N4O6. The minimum absolute atomic E-state index is 0.216. The molecule has 224 valence electrons. The molecule has 4 rings (SSSR count). The maximum atomic E-state index is 12.7. The number of halogens is 7. The van der Waals surface area contributed by atoms with Crippen molar-refractivity contribution in [2.24, 2.45) is 0 Å². The lowest BCUT2D eigenvalue weighted by atomic mass is 10.2. The van der Waals surface area contributed by atoms with Crippen LogP contribution >= 0.6 is 11.6 Å². The number of carbonyl (C=O) groups excluding carboxylic acids is 1. The molecule has 0 radical (unpaired) electrons. The number of nitrogens with one attached hydrogen (secondary N) is 1. The fraction of sp³-hybridized carbons (Fsp3) is 0.333. The van der Waals surface area contributed by atoms with E-state index in [1.807, 2.05) is 47.0 Å². The van der Waals surface area contributed by atoms with Crippen molar-refractivity contribution in [1.29, 1.82) is 0 Å². The molecule has 1 aliphatic heterocycles. The van der Waals surface area contributed by atoms with E-state index in [1.54, 1.807) is 6.07 Å². The molecule has 3 heterocycles. The number of carboxylic acid groups (broad SMARTS) is 2. The molecule has 1 atom stereocenters. The van der Waals surface area contributed by atoms with Gasteiger partial charge in [0.1, 0.15) is 5.82 Å². The number of carboxylic acids is 2. The number of aliphatic hydroxyl groups excluding tert-OH is 1. The molecule has 2 aromatic heterocycles. The van der Waals surface area contributed by atoms with Crippen LogP contribution in [0.1, 0.15) is 28.3 Å². The van der Waals surface area contributed by atoms with Crippen LogP contribution in [0.25, 0.3) is 5.52 Å². The third kappa shape index (κ3) is 10.5. The summed E-state index contributed by atoms with van der Waals surface area (Å²) >= 11 is 6.00. The summed E-state index contributed by atoms with van der Waals surface area (Å²) in [5, 5.41) is 27.6. The standard InChI is InChI=1S/C20H21ClN4O2.2C2HF3O2/c21-15-5-3-4-14(10-15)11-22-20(27)19-17-6-1-2-8-25(17)18(23-19)13-24-9-7-16(26)12-24;2*3-2(4,5)1(6)7/h1-6,8,10,16,26H,7,9,11-13H2,(H,22,27);2*(H,6,7). The van der Waals surface area contributed by atoms with Gasteiger partial charge in [-0.1, -0.05) is 29.8 Å². The number of pyridine rings is 1. The Bertz CT molecular complexity index is 1340. The van der Waals surface area contributed by atoms with Crippen molar-refractivity contribution in [3.8, 4) is 0 Å². The lowest BCUT2D eigenvalue weighted by molar-refractivity contribution is -0.193. The molecule has 0 bridgehead atoms. The smallest absolute Gasteiger partial charge is 0.475 e. The molecule has 1 unspecified atom stereocenters. The highest BCUT2D eigenvalue weighted by molar-refractivity contribution is 6.30. The van der Waals surface area contributed by atoms with Gasteiger partial charge in [-0.15, -0.1) is 0 Å². The summed E-state index contributed by atoms with van der Waals surface area (Å²) in [4.78, 5) is 37.3. The number of β-amino-alcohol motifs (C(OH)–C–C–N with tert-alkyl or cyclic N) is 1. The van der Waals surface area contributed by atoms with E-state index in [1.165, 1.54) is 0 Å². The normalized spacial score (nSPS) is 15.4. The number of amides is 1. The maximum absolute atomic E-state index is 12.7. The van der Waals surface area contributed by atoms with Crippen molar-refractivity contribution in [3.05, 3.63) is 70.8 Å². The SMILES string of the molecule is O=C(NCc1cccc(Cl)c1)c1nc(CN2CCC(O)C2)n2ccccc12.O=C(O)C(F)(F)F.O=C(O)C(F)(F)F. The molecule has 1 aliphatic rings. The number of aliphatic hydroxyl groups is 1. The molecule has 3 aromatic rings. The summed E-state index contributed by atoms with van der Waals surface area (Å²) in [6.45, 7) is 2.46. The van der Waals surface area contributed by atoms with Crippen LogP contribution in [0, 0.1) is 0 Å². The van der Waals surface area contributed by atoms with E-state index in [0.29, 0.717) is 30.4 Å². The average Bonchev–Trinajstić information content (AvgIpc) is 3.45. The van der Waals surface area contributed by atoms with Crippen LogP contribution in [-0.2, 0) is 22.7 Å². The predicted molar refractivity (Wildman–Crippen MR) is 131 cm³/mol. The topological polar surface area (TPSA) is 144 Å². The van der Waals surface area contributed by atoms with E-state index in [2.05, 4.69) is 15.2 Å². The minimum atomic E-state index is -5.08. The first kappa shape index (κ1) is 33.3. The first-order chi connectivity index (χ1) is 19.0. The Labute approximate surface area is 232 Å². The molecule has 17 heteroatoms. The van der Waals surface area contributed by atoms with E-state index in [9.17, 15) is 36.2 Å². The molecule has 0 spiro atoms. The van der Waals surface area contributed by atoms with Gasteiger partial charge in [0.2, 0.25) is 0 Å². The molecule has 10 nitrogen and oxygen atoms in total. The number of carbonyl (C=O) groups is 3. The number of likely N-dealkylation sites (tertiary alicyclic amines) is 1. The number of imidazole rings is 1. The molecule has 0 aliphatic carbocycles. The summed E-state index contributed by atoms with van der Waals surface area (Å²) in [7, 11) is 0. The lowest BCUT2D eigenvalue weighted by Crippen LogP contribution is -2.24. The first-order valence-electron chi connectivity index (χ1n) is 11.5. The zero-order valence-electron chi connectivity index (χ0n) is 20.8. The van der Waals surface area contributed by atoms with Gasteiger partial charge in [0, 0.05) is 30.9 Å². The van der Waals surface area contributed by atoms with E-state index in [0.717, 1.165) is 29.9 Å². The Morgan fingerprint density at radius 2 is 1.61 bits per heavy atom. The summed E-state index contributed by atoms with van der Waals surface area (Å²) in [6.07, 6.45) is -7.76. The van der Waals surface area contributed by atoms with Crippen molar-refractivity contribution in [2.75, 3.05) is 13.1 Å². The highest BCUT2D eigenvalue weighted by Crippen LogP contribution is 2.18. The number of hydrogen-bond donors (Lipinski definition) is 4. The third-order valence-corrected chi connectivity index (χ3v) is 5.51. The van der Waals surface area contributed by atoms with Gasteiger partial charge < -0.3 is 25.0 Å². The molecule has 1 amide bonds. The second-order valence-electron chi connectivity index (χ2n) is 8.43. The minimum Gasteiger partial charge on any atom is -0.475 e. The predicted octanol–water partition coefficient (Wildman–Crippen LogP) is 3.75. The number of aromatic nitrogens is 2. The largest absolute Gasteiger partial charge is 0.490 e. The summed E-state index contributed by atoms with van der Waals surface area (Å²) in [5.74, 6) is -4.93. The van der Waals surface area contributed by atoms with E-state index < -0.39 is 24.3 Å². The van der Waals surface area contributed by atoms with Crippen molar-refractivity contribution >= 4 is 35.0 Å². The van der Waals surface area contributed by atoms with Crippen molar-refractivity contribution in [2.45, 2.75) is 38.0 Å². The van der Waals surface area contributed by atoms with Crippen molar-refractivity contribution < 1.29 is 56.0 Å². The third-order valence-electron chi connectivity index (χ3n) is 5.28. The number of fused-ring (bicyclic) bond motifs is 1. The monoisotopic (exact) mass is 612 g/mol. The molecule has 4 N–H and O–H groups in total. The highest BCUT2D eigenvalue weighted by atomic mass is 35.5. The number of hydrogen-bond acceptors (Lipinski definition) is 6. The molecule has 1 aromatic carbocycles. The quantitative estimate of drug-likeness (QED) is 0.319. The van der Waals surface area contributed by atoms with E-state index in [4.69, 9.17) is 31.4 Å². The summed E-state index contributed by atoms with van der Waals surface area (Å²) < 4.78 is 65.4. The van der Waals surface area contributed by atoms with Gasteiger partial charge in [0.25, 0.3) is 5.91 Å². The van der Waals surface area contributed by atoms with Crippen molar-refractivity contribution in [1.82, 2.24) is 19.6 Å². The number of rotatable bonds is 5. The lowest BCUT2D eigenvalue weighted by Gasteiger charge is -2.13. The second-order valence-corrected chi connectivity index (χ2v) is 8.86. The Hall–Kier alpha value is -3.89. The second kappa shape index (κ2) is 14.1. The Morgan fingerprint density at radius 3 is 2.12 bits per heavy atom. The Morgan fingerprint density at radius 1 is 1.00 bits per heavy atom. The fourth-order valence-electron chi connectivity index (χ4n) is 3.45. The molecule has 1 fully saturated rings. The molecule has 41 heavy (non-hydrogen) atoms. The Kier molecular flexibility index (Phi) is 11.5. The molecule has 1 saturated heterocycles. The first-order valence-corrected chi connectivity index (χ1v) is 11.9. The molecule has 0 saturated carbocycles. The van der Waals surface area contributed by atoms with Gasteiger partial charge in [0.15, 0.2) is 5.69 Å². The van der Waals surface area contributed by atoms with E-state index >= 15 is 0 Å². The fourth-order valence-corrected chi connectivity index (χ4v) is 3.66. The van der Waals surface area contributed by atoms with Crippen LogP contribution in [0.15, 0.2) is 48.7 Å². The van der Waals surface area contributed by atoms with Crippen LogP contribution in [0.3, 0.4) is 0 Å². The van der Waals surface area contributed by atoms with Crippen LogP contribution in [0.5, 0.6) is 0 Å². The Balaban J connectivity index is 0.000000349. The number of aliphatic carboxylic acids is 2.